The van der Waals surface area contributed by atoms with Crippen molar-refractivity contribution < 1.29 is 23.1 Å². The minimum absolute atomic E-state index is 0.0132. The summed E-state index contributed by atoms with van der Waals surface area (Å²) in [4.78, 5) is 30.3. The Bertz CT molecular complexity index is 918. The molecule has 0 aliphatic carbocycles. The van der Waals surface area contributed by atoms with E-state index in [0.717, 1.165) is 4.57 Å². The van der Waals surface area contributed by atoms with E-state index in [4.69, 9.17) is 4.74 Å². The zero-order chi connectivity index (χ0) is 19.3. The molecule has 1 aromatic carbocycles. The molecule has 2 aliphatic rings. The molecule has 0 radical (unpaired) electrons. The summed E-state index contributed by atoms with van der Waals surface area (Å²) in [6, 6.07) is 5.85. The summed E-state index contributed by atoms with van der Waals surface area (Å²) in [5.41, 5.74) is 0.693. The smallest absolute Gasteiger partial charge is 0.330 e. The maximum atomic E-state index is 13.6. The number of aromatic nitrogens is 2. The molecule has 2 aromatic rings. The number of para-hydroxylation sites is 2. The molecule has 0 N–H and O–H groups in total. The van der Waals surface area contributed by atoms with Gasteiger partial charge < -0.3 is 9.64 Å². The van der Waals surface area contributed by atoms with Crippen LogP contribution in [0, 0.1) is 0 Å². The van der Waals surface area contributed by atoms with Crippen molar-refractivity contribution in [3.05, 3.63) is 30.1 Å². The Morgan fingerprint density at radius 3 is 2.89 bits per heavy atom. The Balaban J connectivity index is 1.59. The number of amides is 1. The number of carbonyl (C=O) groups excluding carboxylic acids is 2. The summed E-state index contributed by atoms with van der Waals surface area (Å²) in [6.45, 7) is 0.652. The van der Waals surface area contributed by atoms with E-state index in [1.54, 1.807) is 40.9 Å². The predicted molar refractivity (Wildman–Crippen MR) is 96.2 cm³/mol. The van der Waals surface area contributed by atoms with Crippen LogP contribution in [-0.2, 0) is 14.3 Å². The van der Waals surface area contributed by atoms with Crippen molar-refractivity contribution in [1.82, 2.24) is 14.5 Å². The van der Waals surface area contributed by atoms with Gasteiger partial charge in [-0.25, -0.2) is 9.78 Å². The van der Waals surface area contributed by atoms with Crippen LogP contribution in [0.3, 0.4) is 0 Å². The number of fused-ring (bicyclic) bond motifs is 2. The molecule has 1 amide bonds. The molecule has 4 rings (SSSR count). The number of ether oxygens (including phenoxy) is 1. The van der Waals surface area contributed by atoms with Gasteiger partial charge in [-0.3, -0.25) is 9.36 Å². The summed E-state index contributed by atoms with van der Waals surface area (Å²) >= 11 is 1.55. The molecule has 0 spiro atoms. The Hall–Kier alpha value is -2.16. The number of esters is 1. The standard InChI is InChI=1S/C18H19F2N3O3S/c1-10(15-21-11-5-3-4-6-12(11)22(15)17(19)20)26-16(25)13-9-27-18(2)8-7-14(24)23(13)18/h3-6,10,13,17H,7-9H2,1-2H3. The zero-order valence-electron chi connectivity index (χ0n) is 14.9. The van der Waals surface area contributed by atoms with Gasteiger partial charge in [-0.05, 0) is 32.4 Å². The fourth-order valence-corrected chi connectivity index (χ4v) is 5.27. The molecule has 3 heterocycles. The second-order valence-electron chi connectivity index (χ2n) is 6.95. The molecule has 1 aromatic heterocycles. The van der Waals surface area contributed by atoms with Gasteiger partial charge in [-0.15, -0.1) is 11.8 Å². The lowest BCUT2D eigenvalue weighted by molar-refractivity contribution is -0.158. The van der Waals surface area contributed by atoms with Crippen LogP contribution in [0.5, 0.6) is 0 Å². The number of hydrogen-bond donors (Lipinski definition) is 0. The van der Waals surface area contributed by atoms with E-state index >= 15 is 0 Å². The molecule has 27 heavy (non-hydrogen) atoms. The van der Waals surface area contributed by atoms with Gasteiger partial charge in [0.1, 0.15) is 6.04 Å². The van der Waals surface area contributed by atoms with Crippen molar-refractivity contribution in [2.24, 2.45) is 0 Å². The highest BCUT2D eigenvalue weighted by atomic mass is 32.2. The number of hydrogen-bond acceptors (Lipinski definition) is 5. The Morgan fingerprint density at radius 1 is 1.41 bits per heavy atom. The van der Waals surface area contributed by atoms with E-state index in [-0.39, 0.29) is 22.1 Å². The number of nitrogens with zero attached hydrogens (tertiary/aromatic N) is 3. The highest BCUT2D eigenvalue weighted by Gasteiger charge is 2.53. The molecule has 144 valence electrons. The van der Waals surface area contributed by atoms with Gasteiger partial charge in [0.05, 0.1) is 15.9 Å². The number of rotatable bonds is 4. The first-order valence-electron chi connectivity index (χ1n) is 8.73. The van der Waals surface area contributed by atoms with Gasteiger partial charge in [0.15, 0.2) is 11.9 Å². The van der Waals surface area contributed by atoms with Crippen LogP contribution in [-0.4, -0.2) is 43.0 Å². The van der Waals surface area contributed by atoms with Crippen LogP contribution in [0.2, 0.25) is 0 Å². The van der Waals surface area contributed by atoms with Crippen molar-refractivity contribution >= 4 is 34.7 Å². The van der Waals surface area contributed by atoms with E-state index in [9.17, 15) is 18.4 Å². The Morgan fingerprint density at radius 2 is 2.15 bits per heavy atom. The summed E-state index contributed by atoms with van der Waals surface area (Å²) in [5.74, 6) is -0.224. The average molecular weight is 395 g/mol. The number of thioether (sulfide) groups is 1. The Kier molecular flexibility index (Phi) is 4.37. The van der Waals surface area contributed by atoms with Gasteiger partial charge in [0.25, 0.3) is 0 Å². The molecule has 2 aliphatic heterocycles. The number of halogens is 2. The number of alkyl halides is 2. The highest BCUT2D eigenvalue weighted by molar-refractivity contribution is 8.01. The molecule has 2 saturated heterocycles. The van der Waals surface area contributed by atoms with Crippen molar-refractivity contribution in [2.75, 3.05) is 5.75 Å². The fourth-order valence-electron chi connectivity index (χ4n) is 3.86. The normalized spacial score (nSPS) is 26.0. The Labute approximate surface area is 158 Å². The highest BCUT2D eigenvalue weighted by Crippen LogP contribution is 2.47. The lowest BCUT2D eigenvalue weighted by Crippen LogP contribution is -2.46. The van der Waals surface area contributed by atoms with Crippen LogP contribution < -0.4 is 0 Å². The van der Waals surface area contributed by atoms with Crippen LogP contribution >= 0.6 is 11.8 Å². The number of carbonyl (C=O) groups is 2. The average Bonchev–Trinajstić information content (AvgIpc) is 3.26. The third kappa shape index (κ3) is 2.88. The first-order chi connectivity index (χ1) is 12.8. The number of benzene rings is 1. The first kappa shape index (κ1) is 18.2. The van der Waals surface area contributed by atoms with Crippen LogP contribution in [0.1, 0.15) is 45.2 Å². The van der Waals surface area contributed by atoms with E-state index in [2.05, 4.69) is 4.98 Å². The molecule has 3 unspecified atom stereocenters. The summed E-state index contributed by atoms with van der Waals surface area (Å²) < 4.78 is 33.4. The minimum atomic E-state index is -2.81. The second-order valence-corrected chi connectivity index (χ2v) is 8.45. The fraction of sp³-hybridized carbons (Fsp3) is 0.500. The minimum Gasteiger partial charge on any atom is -0.453 e. The van der Waals surface area contributed by atoms with Crippen molar-refractivity contribution in [1.29, 1.82) is 0 Å². The molecule has 9 heteroatoms. The van der Waals surface area contributed by atoms with Gasteiger partial charge in [0, 0.05) is 12.2 Å². The van der Waals surface area contributed by atoms with E-state index < -0.39 is 24.7 Å². The largest absolute Gasteiger partial charge is 0.453 e. The van der Waals surface area contributed by atoms with Gasteiger partial charge in [-0.2, -0.15) is 8.78 Å². The molecule has 3 atom stereocenters. The molecule has 0 bridgehead atoms. The maximum Gasteiger partial charge on any atom is 0.330 e. The molecular formula is C18H19F2N3O3S. The molecular weight excluding hydrogens is 376 g/mol. The quantitative estimate of drug-likeness (QED) is 0.742. The van der Waals surface area contributed by atoms with Crippen LogP contribution in [0.15, 0.2) is 24.3 Å². The molecule has 2 fully saturated rings. The predicted octanol–water partition coefficient (Wildman–Crippen LogP) is 3.49. The monoisotopic (exact) mass is 395 g/mol. The van der Waals surface area contributed by atoms with E-state index in [1.807, 2.05) is 6.92 Å². The lowest BCUT2D eigenvalue weighted by Gasteiger charge is -2.30. The zero-order valence-corrected chi connectivity index (χ0v) is 15.7. The van der Waals surface area contributed by atoms with Crippen molar-refractivity contribution in [3.8, 4) is 0 Å². The van der Waals surface area contributed by atoms with Crippen LogP contribution in [0.4, 0.5) is 8.78 Å². The SMILES string of the molecule is CC(OC(=O)C1CSC2(C)CCC(=O)N12)c1nc2ccccc2n1C(F)F. The number of imidazole rings is 1. The van der Waals surface area contributed by atoms with Crippen molar-refractivity contribution in [3.63, 3.8) is 0 Å². The lowest BCUT2D eigenvalue weighted by atomic mass is 10.2. The molecule has 6 nitrogen and oxygen atoms in total. The van der Waals surface area contributed by atoms with Crippen LogP contribution in [0.25, 0.3) is 11.0 Å². The molecule has 0 saturated carbocycles. The van der Waals surface area contributed by atoms with Gasteiger partial charge in [-0.1, -0.05) is 12.1 Å². The first-order valence-corrected chi connectivity index (χ1v) is 9.72. The summed E-state index contributed by atoms with van der Waals surface area (Å²) in [7, 11) is 0. The van der Waals surface area contributed by atoms with E-state index in [1.165, 1.54) is 6.92 Å². The third-order valence-electron chi connectivity index (χ3n) is 5.19. The van der Waals surface area contributed by atoms with Gasteiger partial charge in [0.2, 0.25) is 5.91 Å². The van der Waals surface area contributed by atoms with E-state index in [0.29, 0.717) is 24.1 Å². The maximum absolute atomic E-state index is 13.6. The summed E-state index contributed by atoms with van der Waals surface area (Å²) in [6.07, 6.45) is 0.134. The summed E-state index contributed by atoms with van der Waals surface area (Å²) in [5, 5.41) is 0. The third-order valence-corrected chi connectivity index (χ3v) is 6.70. The van der Waals surface area contributed by atoms with Gasteiger partial charge >= 0.3 is 12.5 Å². The van der Waals surface area contributed by atoms with Crippen molar-refractivity contribution in [2.45, 2.75) is 50.3 Å². The topological polar surface area (TPSA) is 64.4 Å². The second kappa shape index (κ2) is 6.47.